The second kappa shape index (κ2) is 9.09. The van der Waals surface area contributed by atoms with Crippen molar-refractivity contribution in [2.24, 2.45) is 0 Å². The minimum atomic E-state index is -0.144. The molecule has 1 N–H and O–H groups in total. The molecule has 0 atom stereocenters. The van der Waals surface area contributed by atoms with E-state index in [9.17, 15) is 4.79 Å². The van der Waals surface area contributed by atoms with Crippen LogP contribution in [0.25, 0.3) is 11.4 Å². The Bertz CT molecular complexity index is 937. The molecule has 1 saturated carbocycles. The Kier molecular flexibility index (Phi) is 6.10. The Morgan fingerprint density at radius 1 is 1.07 bits per heavy atom. The number of hydrogen-bond acceptors (Lipinski definition) is 4. The molecule has 1 aromatic heterocycles. The first kappa shape index (κ1) is 19.5. The second-order valence-electron chi connectivity index (χ2n) is 7.23. The number of nitrogens with zero attached hydrogens (tertiary/aromatic N) is 3. The second-order valence-corrected chi connectivity index (χ2v) is 7.67. The minimum Gasteiger partial charge on any atom is -0.337 e. The number of hydrogen-bond donors (Lipinski definition) is 1. The molecule has 0 aliphatic heterocycles. The van der Waals surface area contributed by atoms with Crippen LogP contribution in [0.3, 0.4) is 0 Å². The van der Waals surface area contributed by atoms with Crippen LogP contribution in [0, 0.1) is 0 Å². The van der Waals surface area contributed by atoms with Gasteiger partial charge in [-0.05, 0) is 49.2 Å². The summed E-state index contributed by atoms with van der Waals surface area (Å²) in [5, 5.41) is 7.71. The highest BCUT2D eigenvalue weighted by atomic mass is 35.5. The standard InChI is InChI=1S/C22H23ClN4O2/c23-17-13-11-16(12-14-17)21-25-20(29-26-21)15-27(19-9-5-2-6-10-19)22(28)24-18-7-3-1-4-8-18/h1,3-4,7-8,11-14,19H,2,5-6,9-10,15H2,(H,24,28). The number of rotatable bonds is 5. The molecular formula is C22H23ClN4O2. The van der Waals surface area contributed by atoms with Crippen LogP contribution in [0.1, 0.15) is 38.0 Å². The fourth-order valence-corrected chi connectivity index (χ4v) is 3.78. The van der Waals surface area contributed by atoms with Gasteiger partial charge in [0.1, 0.15) is 6.54 Å². The van der Waals surface area contributed by atoms with Crippen LogP contribution in [-0.2, 0) is 6.54 Å². The summed E-state index contributed by atoms with van der Waals surface area (Å²) in [7, 11) is 0. The number of aromatic nitrogens is 2. The molecule has 6 nitrogen and oxygen atoms in total. The summed E-state index contributed by atoms with van der Waals surface area (Å²) in [6, 6.07) is 16.8. The Hall–Kier alpha value is -2.86. The predicted molar refractivity (Wildman–Crippen MR) is 113 cm³/mol. The molecule has 2 amide bonds. The van der Waals surface area contributed by atoms with E-state index in [1.165, 1.54) is 6.42 Å². The zero-order chi connectivity index (χ0) is 20.1. The summed E-state index contributed by atoms with van der Waals surface area (Å²) in [6.45, 7) is 0.282. The topological polar surface area (TPSA) is 71.3 Å². The lowest BCUT2D eigenvalue weighted by Gasteiger charge is -2.33. The van der Waals surface area contributed by atoms with E-state index < -0.39 is 0 Å². The third-order valence-corrected chi connectivity index (χ3v) is 5.43. The number of benzene rings is 2. The Morgan fingerprint density at radius 3 is 2.52 bits per heavy atom. The summed E-state index contributed by atoms with van der Waals surface area (Å²) >= 11 is 5.95. The zero-order valence-electron chi connectivity index (χ0n) is 16.1. The van der Waals surface area contributed by atoms with E-state index >= 15 is 0 Å². The van der Waals surface area contributed by atoms with Crippen molar-refractivity contribution in [2.45, 2.75) is 44.7 Å². The predicted octanol–water partition coefficient (Wildman–Crippen LogP) is 5.76. The fourth-order valence-electron chi connectivity index (χ4n) is 3.66. The summed E-state index contributed by atoms with van der Waals surface area (Å²) in [4.78, 5) is 19.4. The normalized spacial score (nSPS) is 14.5. The van der Waals surface area contributed by atoms with E-state index in [-0.39, 0.29) is 18.6 Å². The lowest BCUT2D eigenvalue weighted by molar-refractivity contribution is 0.151. The zero-order valence-corrected chi connectivity index (χ0v) is 16.8. The average Bonchev–Trinajstić information content (AvgIpc) is 3.22. The van der Waals surface area contributed by atoms with Crippen molar-refractivity contribution in [1.82, 2.24) is 15.0 Å². The minimum absolute atomic E-state index is 0.144. The number of para-hydroxylation sites is 1. The summed E-state index contributed by atoms with van der Waals surface area (Å²) < 4.78 is 5.46. The highest BCUT2D eigenvalue weighted by molar-refractivity contribution is 6.30. The van der Waals surface area contributed by atoms with Gasteiger partial charge < -0.3 is 14.7 Å². The summed E-state index contributed by atoms with van der Waals surface area (Å²) in [6.07, 6.45) is 5.44. The van der Waals surface area contributed by atoms with Gasteiger partial charge in [-0.3, -0.25) is 0 Å². The molecule has 1 aliphatic carbocycles. The van der Waals surface area contributed by atoms with Crippen molar-refractivity contribution >= 4 is 23.3 Å². The highest BCUT2D eigenvalue weighted by Gasteiger charge is 2.27. The van der Waals surface area contributed by atoms with Gasteiger partial charge in [-0.1, -0.05) is 54.2 Å². The highest BCUT2D eigenvalue weighted by Crippen LogP contribution is 2.26. The third-order valence-electron chi connectivity index (χ3n) is 5.18. The molecule has 1 aliphatic rings. The summed E-state index contributed by atoms with van der Waals surface area (Å²) in [5.74, 6) is 0.910. The molecule has 0 bridgehead atoms. The quantitative estimate of drug-likeness (QED) is 0.580. The average molecular weight is 411 g/mol. The van der Waals surface area contributed by atoms with Gasteiger partial charge in [0.2, 0.25) is 11.7 Å². The molecule has 7 heteroatoms. The largest absolute Gasteiger partial charge is 0.337 e. The molecule has 0 saturated heterocycles. The van der Waals surface area contributed by atoms with Gasteiger partial charge in [0.05, 0.1) is 0 Å². The molecule has 2 aromatic carbocycles. The first-order valence-electron chi connectivity index (χ1n) is 9.90. The van der Waals surface area contributed by atoms with Crippen LogP contribution in [0.15, 0.2) is 59.1 Å². The van der Waals surface area contributed by atoms with Gasteiger partial charge in [0.15, 0.2) is 0 Å². The number of carbonyl (C=O) groups excluding carboxylic acids is 1. The van der Waals surface area contributed by atoms with Crippen LogP contribution in [-0.4, -0.2) is 27.1 Å². The number of anilines is 1. The molecule has 1 heterocycles. The van der Waals surface area contributed by atoms with E-state index in [0.717, 1.165) is 36.9 Å². The van der Waals surface area contributed by atoms with Gasteiger partial charge in [0, 0.05) is 22.3 Å². The van der Waals surface area contributed by atoms with Crippen molar-refractivity contribution in [3.8, 4) is 11.4 Å². The lowest BCUT2D eigenvalue weighted by Crippen LogP contribution is -2.43. The molecule has 29 heavy (non-hydrogen) atoms. The van der Waals surface area contributed by atoms with Crippen LogP contribution in [0.5, 0.6) is 0 Å². The van der Waals surface area contributed by atoms with Crippen molar-refractivity contribution in [2.75, 3.05) is 5.32 Å². The van der Waals surface area contributed by atoms with Gasteiger partial charge in [0.25, 0.3) is 0 Å². The van der Waals surface area contributed by atoms with E-state index in [2.05, 4.69) is 15.5 Å². The Morgan fingerprint density at radius 2 is 1.79 bits per heavy atom. The maximum absolute atomic E-state index is 13.0. The SMILES string of the molecule is O=C(Nc1ccccc1)N(Cc1nc(-c2ccc(Cl)cc2)no1)C1CCCCC1. The van der Waals surface area contributed by atoms with Crippen molar-refractivity contribution in [3.05, 3.63) is 65.5 Å². The van der Waals surface area contributed by atoms with Crippen LogP contribution in [0.2, 0.25) is 5.02 Å². The van der Waals surface area contributed by atoms with E-state index in [0.29, 0.717) is 16.7 Å². The molecule has 0 unspecified atom stereocenters. The summed E-state index contributed by atoms with van der Waals surface area (Å²) in [5.41, 5.74) is 1.59. The maximum Gasteiger partial charge on any atom is 0.322 e. The molecule has 150 valence electrons. The van der Waals surface area contributed by atoms with E-state index in [4.69, 9.17) is 16.1 Å². The number of urea groups is 1. The molecule has 4 rings (SSSR count). The van der Waals surface area contributed by atoms with Crippen molar-refractivity contribution in [3.63, 3.8) is 0 Å². The Balaban J connectivity index is 1.52. The third kappa shape index (κ3) is 4.95. The van der Waals surface area contributed by atoms with Gasteiger partial charge in [-0.25, -0.2) is 4.79 Å². The van der Waals surface area contributed by atoms with Crippen LogP contribution < -0.4 is 5.32 Å². The monoisotopic (exact) mass is 410 g/mol. The number of halogens is 1. The smallest absolute Gasteiger partial charge is 0.322 e. The first-order chi connectivity index (χ1) is 14.2. The maximum atomic E-state index is 13.0. The molecule has 1 fully saturated rings. The van der Waals surface area contributed by atoms with Crippen LogP contribution >= 0.6 is 11.6 Å². The molecule has 0 spiro atoms. The van der Waals surface area contributed by atoms with Gasteiger partial charge in [-0.15, -0.1) is 0 Å². The van der Waals surface area contributed by atoms with Crippen molar-refractivity contribution < 1.29 is 9.32 Å². The fraction of sp³-hybridized carbons (Fsp3) is 0.318. The van der Waals surface area contributed by atoms with Crippen LogP contribution in [0.4, 0.5) is 10.5 Å². The number of nitrogens with one attached hydrogen (secondary N) is 1. The first-order valence-corrected chi connectivity index (χ1v) is 10.3. The van der Waals surface area contributed by atoms with Gasteiger partial charge >= 0.3 is 6.03 Å². The number of carbonyl (C=O) groups is 1. The Labute approximate surface area is 174 Å². The van der Waals surface area contributed by atoms with Crippen molar-refractivity contribution in [1.29, 1.82) is 0 Å². The van der Waals surface area contributed by atoms with E-state index in [1.54, 1.807) is 12.1 Å². The van der Waals surface area contributed by atoms with Gasteiger partial charge in [-0.2, -0.15) is 4.98 Å². The molecule has 0 radical (unpaired) electrons. The molecular weight excluding hydrogens is 388 g/mol. The number of amides is 2. The molecule has 3 aromatic rings. The van der Waals surface area contributed by atoms with E-state index in [1.807, 2.05) is 47.4 Å². The lowest BCUT2D eigenvalue weighted by atomic mass is 9.94.